The van der Waals surface area contributed by atoms with Gasteiger partial charge in [0.15, 0.2) is 0 Å². The Morgan fingerprint density at radius 1 is 1.31 bits per heavy atom. The molecule has 1 aromatic rings. The first kappa shape index (κ1) is 13.4. The van der Waals surface area contributed by atoms with Crippen LogP contribution in [0.2, 0.25) is 0 Å². The highest BCUT2D eigenvalue weighted by Crippen LogP contribution is 2.14. The molecule has 1 aromatic heterocycles. The van der Waals surface area contributed by atoms with Gasteiger partial charge in [-0.25, -0.2) is 4.79 Å². The van der Waals surface area contributed by atoms with Crippen LogP contribution in [0.1, 0.15) is 27.2 Å². The maximum atomic E-state index is 11.9. The maximum Gasteiger partial charge on any atom is 0.328 e. The molecule has 0 amide bonds. The van der Waals surface area contributed by atoms with Gasteiger partial charge < -0.3 is 0 Å². The van der Waals surface area contributed by atoms with E-state index in [0.717, 1.165) is 25.3 Å². The van der Waals surface area contributed by atoms with Gasteiger partial charge in [-0.15, -0.1) is 0 Å². The molecular weight excluding hydrogens is 220 g/mol. The maximum absolute atomic E-state index is 11.9. The second kappa shape index (κ2) is 6.18. The summed E-state index contributed by atoms with van der Waals surface area (Å²) in [5.74, 6) is 1.83. The molecule has 1 atom stereocenters. The molecule has 0 radical (unpaired) electrons. The quantitative estimate of drug-likeness (QED) is 0.761. The van der Waals surface area contributed by atoms with Gasteiger partial charge in [0.2, 0.25) is 0 Å². The van der Waals surface area contributed by atoms with Crippen molar-refractivity contribution in [3.05, 3.63) is 22.9 Å². The molecule has 4 heteroatoms. The van der Waals surface area contributed by atoms with Gasteiger partial charge in [-0.05, 0) is 24.0 Å². The fourth-order valence-corrected chi connectivity index (χ4v) is 2.27. The lowest BCUT2D eigenvalue weighted by molar-refractivity contribution is 0.365. The van der Waals surface area contributed by atoms with Crippen molar-refractivity contribution in [1.82, 2.24) is 9.13 Å². The molecule has 1 unspecified atom stereocenters. The Hall–Kier alpha value is -0.640. The van der Waals surface area contributed by atoms with Crippen LogP contribution in [-0.2, 0) is 13.1 Å². The normalized spacial score (nSPS) is 13.3. The fraction of sp³-hybridized carbons (Fsp3) is 0.750. The number of aromatic nitrogens is 2. The SMILES string of the molecule is CCCn1ccn(CC(CS)C(C)C)c1=O. The number of nitrogens with zero attached hydrogens (tertiary/aromatic N) is 2. The van der Waals surface area contributed by atoms with Crippen LogP contribution in [0.4, 0.5) is 0 Å². The van der Waals surface area contributed by atoms with Gasteiger partial charge in [0.05, 0.1) is 0 Å². The Kier molecular flexibility index (Phi) is 5.19. The van der Waals surface area contributed by atoms with Crippen molar-refractivity contribution in [1.29, 1.82) is 0 Å². The second-order valence-corrected chi connectivity index (χ2v) is 4.98. The third-order valence-corrected chi connectivity index (χ3v) is 3.46. The third kappa shape index (κ3) is 3.17. The minimum atomic E-state index is 0.106. The molecule has 92 valence electrons. The minimum Gasteiger partial charge on any atom is -0.299 e. The molecule has 0 aliphatic rings. The lowest BCUT2D eigenvalue weighted by Crippen LogP contribution is -2.28. The summed E-state index contributed by atoms with van der Waals surface area (Å²) >= 11 is 4.35. The van der Waals surface area contributed by atoms with Crippen molar-refractivity contribution >= 4 is 12.6 Å². The van der Waals surface area contributed by atoms with Gasteiger partial charge in [-0.3, -0.25) is 9.13 Å². The predicted molar refractivity (Wildman–Crippen MR) is 71.2 cm³/mol. The summed E-state index contributed by atoms with van der Waals surface area (Å²) in [4.78, 5) is 11.9. The Morgan fingerprint density at radius 3 is 2.44 bits per heavy atom. The molecule has 0 spiro atoms. The zero-order valence-electron chi connectivity index (χ0n) is 10.4. The lowest BCUT2D eigenvalue weighted by atomic mass is 9.98. The van der Waals surface area contributed by atoms with Crippen LogP contribution in [0.5, 0.6) is 0 Å². The number of imidazole rings is 1. The number of aryl methyl sites for hydroxylation is 1. The zero-order valence-corrected chi connectivity index (χ0v) is 11.3. The molecule has 0 saturated heterocycles. The minimum absolute atomic E-state index is 0.106. The van der Waals surface area contributed by atoms with Crippen LogP contribution in [0.25, 0.3) is 0 Å². The highest BCUT2D eigenvalue weighted by atomic mass is 32.1. The summed E-state index contributed by atoms with van der Waals surface area (Å²) in [6, 6.07) is 0. The van der Waals surface area contributed by atoms with E-state index in [-0.39, 0.29) is 5.69 Å². The van der Waals surface area contributed by atoms with Crippen LogP contribution >= 0.6 is 12.6 Å². The Bertz CT molecular complexity index is 367. The van der Waals surface area contributed by atoms with Gasteiger partial charge in [0.25, 0.3) is 0 Å². The van der Waals surface area contributed by atoms with E-state index in [0.29, 0.717) is 11.8 Å². The standard InChI is InChI=1S/C12H22N2OS/c1-4-5-13-6-7-14(12(13)15)8-11(9-16)10(2)3/h6-7,10-11,16H,4-5,8-9H2,1-3H3. The van der Waals surface area contributed by atoms with Crippen molar-refractivity contribution in [2.75, 3.05) is 5.75 Å². The van der Waals surface area contributed by atoms with Crippen LogP contribution < -0.4 is 5.69 Å². The smallest absolute Gasteiger partial charge is 0.299 e. The molecule has 0 fully saturated rings. The Labute approximate surface area is 103 Å². The number of rotatable bonds is 6. The van der Waals surface area contributed by atoms with E-state index in [1.807, 2.05) is 12.4 Å². The molecule has 0 saturated carbocycles. The van der Waals surface area contributed by atoms with Crippen LogP contribution in [-0.4, -0.2) is 14.9 Å². The summed E-state index contributed by atoms with van der Waals surface area (Å²) in [7, 11) is 0. The van der Waals surface area contributed by atoms with Crippen LogP contribution in [0.3, 0.4) is 0 Å². The Balaban J connectivity index is 2.77. The van der Waals surface area contributed by atoms with Gasteiger partial charge in [0.1, 0.15) is 0 Å². The highest BCUT2D eigenvalue weighted by molar-refractivity contribution is 7.80. The largest absolute Gasteiger partial charge is 0.328 e. The van der Waals surface area contributed by atoms with Crippen molar-refractivity contribution in [3.8, 4) is 0 Å². The lowest BCUT2D eigenvalue weighted by Gasteiger charge is -2.18. The van der Waals surface area contributed by atoms with Crippen molar-refractivity contribution in [2.24, 2.45) is 11.8 Å². The summed E-state index contributed by atoms with van der Waals surface area (Å²) < 4.78 is 3.58. The summed E-state index contributed by atoms with van der Waals surface area (Å²) in [5, 5.41) is 0. The van der Waals surface area contributed by atoms with Gasteiger partial charge in [0, 0.05) is 25.5 Å². The molecule has 0 N–H and O–H groups in total. The van der Waals surface area contributed by atoms with E-state index in [1.165, 1.54) is 0 Å². The van der Waals surface area contributed by atoms with Crippen LogP contribution in [0, 0.1) is 11.8 Å². The van der Waals surface area contributed by atoms with Crippen LogP contribution in [0.15, 0.2) is 17.2 Å². The monoisotopic (exact) mass is 242 g/mol. The number of hydrogen-bond donors (Lipinski definition) is 1. The van der Waals surface area contributed by atoms with Gasteiger partial charge in [-0.2, -0.15) is 12.6 Å². The highest BCUT2D eigenvalue weighted by Gasteiger charge is 2.13. The topological polar surface area (TPSA) is 26.9 Å². The average molecular weight is 242 g/mol. The molecule has 0 aromatic carbocycles. The molecule has 0 aliphatic carbocycles. The summed E-state index contributed by atoms with van der Waals surface area (Å²) in [6.45, 7) is 8.01. The van der Waals surface area contributed by atoms with Crippen molar-refractivity contribution < 1.29 is 0 Å². The van der Waals surface area contributed by atoms with E-state index in [1.54, 1.807) is 9.13 Å². The number of hydrogen-bond acceptors (Lipinski definition) is 2. The van der Waals surface area contributed by atoms with Gasteiger partial charge in [-0.1, -0.05) is 20.8 Å². The van der Waals surface area contributed by atoms with E-state index in [9.17, 15) is 4.79 Å². The fourth-order valence-electron chi connectivity index (χ4n) is 1.74. The zero-order chi connectivity index (χ0) is 12.1. The molecule has 0 bridgehead atoms. The van der Waals surface area contributed by atoms with E-state index < -0.39 is 0 Å². The number of thiol groups is 1. The molecule has 1 rings (SSSR count). The average Bonchev–Trinajstić information content (AvgIpc) is 2.58. The molecule has 16 heavy (non-hydrogen) atoms. The summed E-state index contributed by atoms with van der Waals surface area (Å²) in [6.07, 6.45) is 4.75. The first-order valence-corrected chi connectivity index (χ1v) is 6.59. The second-order valence-electron chi connectivity index (χ2n) is 4.61. The van der Waals surface area contributed by atoms with Crippen molar-refractivity contribution in [3.63, 3.8) is 0 Å². The van der Waals surface area contributed by atoms with E-state index in [4.69, 9.17) is 0 Å². The van der Waals surface area contributed by atoms with E-state index in [2.05, 4.69) is 33.4 Å². The molecule has 1 heterocycles. The molecular formula is C12H22N2OS. The first-order valence-electron chi connectivity index (χ1n) is 5.96. The molecule has 0 aliphatic heterocycles. The van der Waals surface area contributed by atoms with E-state index >= 15 is 0 Å². The third-order valence-electron chi connectivity index (χ3n) is 2.99. The van der Waals surface area contributed by atoms with Gasteiger partial charge >= 0.3 is 5.69 Å². The Morgan fingerprint density at radius 2 is 1.94 bits per heavy atom. The first-order chi connectivity index (χ1) is 7.60. The molecule has 3 nitrogen and oxygen atoms in total. The van der Waals surface area contributed by atoms with Crippen molar-refractivity contribution in [2.45, 2.75) is 40.3 Å². The summed E-state index contributed by atoms with van der Waals surface area (Å²) in [5.41, 5.74) is 0.106. The predicted octanol–water partition coefficient (Wildman–Crippen LogP) is 2.26.